The molecule has 0 bridgehead atoms. The Hall–Kier alpha value is -0.750. The van der Waals surface area contributed by atoms with E-state index in [9.17, 15) is 4.79 Å². The molecule has 28 heavy (non-hydrogen) atoms. The maximum absolute atomic E-state index is 11.8. The molecule has 0 N–H and O–H groups in total. The number of hydrogen-bond acceptors (Lipinski definition) is 5. The van der Waals surface area contributed by atoms with Crippen LogP contribution in [0.5, 0.6) is 0 Å². The molecule has 0 heterocycles. The van der Waals surface area contributed by atoms with Gasteiger partial charge in [0.25, 0.3) is 0 Å². The molecule has 0 radical (unpaired) electrons. The highest BCUT2D eigenvalue weighted by molar-refractivity contribution is 5.95. The summed E-state index contributed by atoms with van der Waals surface area (Å²) >= 11 is 0. The minimum absolute atomic E-state index is 0.127. The molecule has 0 aromatic carbocycles. The van der Waals surface area contributed by atoms with E-state index in [1.165, 1.54) is 6.08 Å². The van der Waals surface area contributed by atoms with Gasteiger partial charge in [0.2, 0.25) is 0 Å². The Morgan fingerprint density at radius 1 is 0.893 bits per heavy atom. The smallest absolute Gasteiger partial charge is 0.186 e. The molecule has 5 nitrogen and oxygen atoms in total. The molecule has 0 aliphatic rings. The molecule has 0 rings (SSSR count). The summed E-state index contributed by atoms with van der Waals surface area (Å²) in [7, 11) is 0. The van der Waals surface area contributed by atoms with E-state index >= 15 is 0 Å². The van der Waals surface area contributed by atoms with Crippen LogP contribution in [0.3, 0.4) is 0 Å². The molecule has 0 amide bonds. The van der Waals surface area contributed by atoms with Gasteiger partial charge < -0.3 is 18.9 Å². The summed E-state index contributed by atoms with van der Waals surface area (Å²) in [6, 6.07) is 0. The fourth-order valence-electron chi connectivity index (χ4n) is 2.26. The van der Waals surface area contributed by atoms with Crippen LogP contribution in [0.1, 0.15) is 82.1 Å². The van der Waals surface area contributed by atoms with Crippen molar-refractivity contribution in [2.24, 2.45) is 0 Å². The molecule has 0 aromatic rings. The Labute approximate surface area is 173 Å². The van der Waals surface area contributed by atoms with Crippen molar-refractivity contribution in [2.45, 2.75) is 111 Å². The Morgan fingerprint density at radius 3 is 1.89 bits per heavy atom. The third kappa shape index (κ3) is 11.9. The zero-order valence-corrected chi connectivity index (χ0v) is 19.9. The van der Waals surface area contributed by atoms with E-state index in [4.69, 9.17) is 18.9 Å². The first kappa shape index (κ1) is 27.2. The van der Waals surface area contributed by atoms with Crippen LogP contribution in [0, 0.1) is 0 Å². The van der Waals surface area contributed by atoms with E-state index < -0.39 is 11.2 Å². The van der Waals surface area contributed by atoms with Crippen molar-refractivity contribution in [1.82, 2.24) is 0 Å². The van der Waals surface area contributed by atoms with Crippen LogP contribution in [-0.2, 0) is 23.7 Å². The molecule has 0 saturated carbocycles. The molecule has 0 saturated heterocycles. The number of carbonyl (C=O) groups excluding carboxylic acids is 1. The normalized spacial score (nSPS) is 14.8. The second-order valence-electron chi connectivity index (χ2n) is 10.0. The van der Waals surface area contributed by atoms with E-state index in [0.717, 1.165) is 6.42 Å². The predicted molar refractivity (Wildman–Crippen MR) is 115 cm³/mol. The number of carbonyl (C=O) groups is 1. The third-order valence-electron chi connectivity index (χ3n) is 4.65. The summed E-state index contributed by atoms with van der Waals surface area (Å²) < 4.78 is 24.1. The molecular weight excluding hydrogens is 356 g/mol. The minimum atomic E-state index is -0.874. The van der Waals surface area contributed by atoms with E-state index in [1.807, 2.05) is 34.6 Å². The second-order valence-corrected chi connectivity index (χ2v) is 10.0. The topological polar surface area (TPSA) is 54.0 Å². The summed E-state index contributed by atoms with van der Waals surface area (Å²) in [6.07, 6.45) is 2.67. The van der Waals surface area contributed by atoms with Gasteiger partial charge in [0, 0.05) is 0 Å². The summed E-state index contributed by atoms with van der Waals surface area (Å²) in [5.74, 6) is -0.127. The Morgan fingerprint density at radius 2 is 1.43 bits per heavy atom. The Bertz CT molecular complexity index is 486. The van der Waals surface area contributed by atoms with Gasteiger partial charge in [-0.2, -0.15) is 0 Å². The minimum Gasteiger partial charge on any atom is -0.373 e. The van der Waals surface area contributed by atoms with Gasteiger partial charge in [-0.05, 0) is 81.2 Å². The molecule has 166 valence electrons. The van der Waals surface area contributed by atoms with Gasteiger partial charge in [0.1, 0.15) is 11.7 Å². The van der Waals surface area contributed by atoms with Crippen molar-refractivity contribution >= 4 is 5.78 Å². The van der Waals surface area contributed by atoms with Crippen molar-refractivity contribution in [3.05, 3.63) is 12.7 Å². The molecule has 0 aliphatic heterocycles. The average Bonchev–Trinajstić information content (AvgIpc) is 2.55. The van der Waals surface area contributed by atoms with E-state index in [2.05, 4.69) is 27.4 Å². The lowest BCUT2D eigenvalue weighted by atomic mass is 10.0. The van der Waals surface area contributed by atoms with Gasteiger partial charge in [-0.1, -0.05) is 13.5 Å². The van der Waals surface area contributed by atoms with Gasteiger partial charge in [0.05, 0.1) is 36.6 Å². The number of ketones is 1. The molecule has 0 fully saturated rings. The van der Waals surface area contributed by atoms with Crippen molar-refractivity contribution in [1.29, 1.82) is 0 Å². The van der Waals surface area contributed by atoms with Crippen LogP contribution in [-0.4, -0.2) is 54.1 Å². The highest BCUT2D eigenvalue weighted by Gasteiger charge is 2.30. The molecule has 0 aliphatic carbocycles. The van der Waals surface area contributed by atoms with Crippen molar-refractivity contribution < 1.29 is 23.7 Å². The van der Waals surface area contributed by atoms with Crippen LogP contribution >= 0.6 is 0 Å². The molecule has 1 atom stereocenters. The van der Waals surface area contributed by atoms with Crippen LogP contribution in [0.2, 0.25) is 0 Å². The van der Waals surface area contributed by atoms with Gasteiger partial charge in [0.15, 0.2) is 5.78 Å². The highest BCUT2D eigenvalue weighted by Crippen LogP contribution is 2.23. The zero-order valence-electron chi connectivity index (χ0n) is 19.9. The zero-order chi connectivity index (χ0) is 22.2. The third-order valence-corrected chi connectivity index (χ3v) is 4.65. The fraction of sp³-hybridized carbons (Fsp3) is 0.870. The van der Waals surface area contributed by atoms with Crippen molar-refractivity contribution in [3.8, 4) is 0 Å². The monoisotopic (exact) mass is 400 g/mol. The number of rotatable bonds is 14. The summed E-state index contributed by atoms with van der Waals surface area (Å²) in [6.45, 7) is 24.7. The Kier molecular flexibility index (Phi) is 10.6. The Balaban J connectivity index is 4.85. The van der Waals surface area contributed by atoms with Crippen LogP contribution in [0.4, 0.5) is 0 Å². The maximum Gasteiger partial charge on any atom is 0.186 e. The van der Waals surface area contributed by atoms with Crippen molar-refractivity contribution in [3.63, 3.8) is 0 Å². The highest BCUT2D eigenvalue weighted by atomic mass is 16.6. The SMILES string of the molecule is C=CC(=O)C(C)(C)OCCC(C)(C)OC(COC(C)(C)C)COC(C)(C)CC. The maximum atomic E-state index is 11.8. The van der Waals surface area contributed by atoms with Gasteiger partial charge in [-0.15, -0.1) is 0 Å². The quantitative estimate of drug-likeness (QED) is 0.379. The first-order chi connectivity index (χ1) is 12.5. The van der Waals surface area contributed by atoms with Crippen LogP contribution in [0.15, 0.2) is 12.7 Å². The largest absolute Gasteiger partial charge is 0.373 e. The van der Waals surface area contributed by atoms with E-state index in [-0.39, 0.29) is 23.1 Å². The summed E-state index contributed by atoms with van der Waals surface area (Å²) in [5.41, 5.74) is -1.77. The van der Waals surface area contributed by atoms with Crippen molar-refractivity contribution in [2.75, 3.05) is 19.8 Å². The second kappa shape index (κ2) is 10.9. The summed E-state index contributed by atoms with van der Waals surface area (Å²) in [4.78, 5) is 11.8. The molecule has 0 spiro atoms. The first-order valence-electron chi connectivity index (χ1n) is 10.3. The molecule has 0 aromatic heterocycles. The van der Waals surface area contributed by atoms with E-state index in [0.29, 0.717) is 26.2 Å². The summed E-state index contributed by atoms with van der Waals surface area (Å²) in [5, 5.41) is 0. The van der Waals surface area contributed by atoms with Crippen LogP contribution in [0.25, 0.3) is 0 Å². The fourth-order valence-corrected chi connectivity index (χ4v) is 2.26. The number of ether oxygens (including phenoxy) is 4. The molecule has 1 unspecified atom stereocenters. The lowest BCUT2D eigenvalue weighted by molar-refractivity contribution is -0.171. The average molecular weight is 401 g/mol. The number of hydrogen-bond donors (Lipinski definition) is 0. The first-order valence-corrected chi connectivity index (χ1v) is 10.3. The van der Waals surface area contributed by atoms with Gasteiger partial charge in [-0.25, -0.2) is 0 Å². The lowest BCUT2D eigenvalue weighted by Gasteiger charge is -2.35. The molecule has 5 heteroatoms. The predicted octanol–water partition coefficient (Wildman–Crippen LogP) is 5.11. The molecular formula is C23H44O5. The van der Waals surface area contributed by atoms with Gasteiger partial charge in [-0.3, -0.25) is 4.79 Å². The standard InChI is InChI=1S/C23H44O5/c1-12-19(24)23(10,11)25-15-14-22(8,9)28-18(16-26-20(3,4)5)17-27-21(6,7)13-2/h12,18H,1,13-17H2,2-11H3. The van der Waals surface area contributed by atoms with Crippen LogP contribution < -0.4 is 0 Å². The lowest BCUT2D eigenvalue weighted by Crippen LogP contribution is -2.41. The van der Waals surface area contributed by atoms with E-state index in [1.54, 1.807) is 13.8 Å². The van der Waals surface area contributed by atoms with Gasteiger partial charge >= 0.3 is 0 Å².